The Labute approximate surface area is 229 Å². The van der Waals surface area contributed by atoms with Crippen molar-refractivity contribution < 1.29 is 13.6 Å². The van der Waals surface area contributed by atoms with Crippen LogP contribution in [0.2, 0.25) is 0 Å². The van der Waals surface area contributed by atoms with Crippen LogP contribution in [0, 0.1) is 0 Å². The summed E-state index contributed by atoms with van der Waals surface area (Å²) in [4.78, 5) is 2.04. The lowest BCUT2D eigenvalue weighted by atomic mass is 9.86. The molecule has 0 spiro atoms. The van der Waals surface area contributed by atoms with Crippen molar-refractivity contribution >= 4 is 24.2 Å². The average molecular weight is 541 g/mol. The zero-order valence-electron chi connectivity index (χ0n) is 24.0. The third kappa shape index (κ3) is 7.67. The van der Waals surface area contributed by atoms with E-state index in [1.54, 1.807) is 11.3 Å². The minimum Gasteiger partial charge on any atom is -0.305 e. The van der Waals surface area contributed by atoms with Crippen LogP contribution in [0.4, 0.5) is 0 Å². The zero-order valence-corrected chi connectivity index (χ0v) is 25.7. The molecule has 3 aromatic rings. The Balaban J connectivity index is 2.12. The van der Waals surface area contributed by atoms with Crippen LogP contribution in [-0.4, -0.2) is 13.2 Å². The maximum absolute atomic E-state index is 14.4. The highest BCUT2D eigenvalue weighted by molar-refractivity contribution is 7.63. The Morgan fingerprint density at radius 2 is 1.14 bits per heavy atom. The van der Waals surface area contributed by atoms with Crippen LogP contribution in [0.5, 0.6) is 0 Å². The fourth-order valence-corrected chi connectivity index (χ4v) is 7.41. The second-order valence-electron chi connectivity index (χ2n) is 11.9. The molecule has 0 amide bonds. The minimum atomic E-state index is -3.50. The molecule has 202 valence electrons. The van der Waals surface area contributed by atoms with Crippen molar-refractivity contribution in [2.45, 2.75) is 91.9 Å². The van der Waals surface area contributed by atoms with Crippen LogP contribution in [0.1, 0.15) is 92.2 Å². The maximum atomic E-state index is 14.4. The Kier molecular flexibility index (Phi) is 10.0. The van der Waals surface area contributed by atoms with Crippen molar-refractivity contribution in [2.24, 2.45) is 0 Å². The number of rotatable bonds is 11. The van der Waals surface area contributed by atoms with E-state index in [1.165, 1.54) is 11.1 Å². The summed E-state index contributed by atoms with van der Waals surface area (Å²) in [5.41, 5.74) is 4.89. The van der Waals surface area contributed by atoms with E-state index in [4.69, 9.17) is 9.05 Å². The predicted molar refractivity (Wildman–Crippen MR) is 162 cm³/mol. The SMILES string of the molecule is CCCCOP(=O)(OCCCC)c1cc(-c2ccc(C(C)(C)C)cc2)sc1-c1ccc(C(C)(C)C)cc1. The van der Waals surface area contributed by atoms with Crippen LogP contribution < -0.4 is 5.30 Å². The summed E-state index contributed by atoms with van der Waals surface area (Å²) >= 11 is 1.67. The quantitative estimate of drug-likeness (QED) is 0.179. The normalized spacial score (nSPS) is 12.8. The summed E-state index contributed by atoms with van der Waals surface area (Å²) in [6, 6.07) is 19.4. The largest absolute Gasteiger partial charge is 0.362 e. The molecule has 0 saturated carbocycles. The molecule has 1 heterocycles. The number of hydrogen-bond acceptors (Lipinski definition) is 4. The first kappa shape index (κ1) is 29.8. The Morgan fingerprint density at radius 3 is 1.54 bits per heavy atom. The van der Waals surface area contributed by atoms with Crippen LogP contribution in [0.3, 0.4) is 0 Å². The molecular formula is C32H45O3PS. The Hall–Kier alpha value is -1.71. The molecule has 5 heteroatoms. The van der Waals surface area contributed by atoms with E-state index in [2.05, 4.69) is 104 Å². The van der Waals surface area contributed by atoms with Crippen molar-refractivity contribution in [3.63, 3.8) is 0 Å². The molecule has 0 unspecified atom stereocenters. The van der Waals surface area contributed by atoms with Gasteiger partial charge in [-0.1, -0.05) is 117 Å². The number of benzene rings is 2. The van der Waals surface area contributed by atoms with E-state index >= 15 is 0 Å². The van der Waals surface area contributed by atoms with Crippen molar-refractivity contribution in [3.8, 4) is 20.9 Å². The van der Waals surface area contributed by atoms with Gasteiger partial charge in [-0.25, -0.2) is 0 Å². The number of unbranched alkanes of at least 4 members (excludes halogenated alkanes) is 2. The molecule has 0 aliphatic heterocycles. The predicted octanol–water partition coefficient (Wildman–Crippen LogP) is 10.1. The van der Waals surface area contributed by atoms with Gasteiger partial charge >= 0.3 is 7.60 Å². The van der Waals surface area contributed by atoms with Gasteiger partial charge in [-0.15, -0.1) is 11.3 Å². The first-order valence-corrected chi connectivity index (χ1v) is 16.0. The van der Waals surface area contributed by atoms with Gasteiger partial charge in [0, 0.05) is 4.88 Å². The van der Waals surface area contributed by atoms with Crippen molar-refractivity contribution in [1.82, 2.24) is 0 Å². The second kappa shape index (κ2) is 12.4. The Bertz CT molecular complexity index is 1160. The molecule has 0 atom stereocenters. The molecule has 0 aliphatic carbocycles. The van der Waals surface area contributed by atoms with Gasteiger partial charge in [0.25, 0.3) is 0 Å². The fourth-order valence-electron chi connectivity index (χ4n) is 4.02. The van der Waals surface area contributed by atoms with Gasteiger partial charge in [-0.2, -0.15) is 0 Å². The van der Waals surface area contributed by atoms with Gasteiger partial charge in [0.1, 0.15) is 0 Å². The number of hydrogen-bond donors (Lipinski definition) is 0. The molecule has 2 aromatic carbocycles. The molecule has 3 rings (SSSR count). The molecule has 3 nitrogen and oxygen atoms in total. The molecule has 0 fully saturated rings. The standard InChI is InChI=1S/C32H45O3PS/c1-9-11-21-34-36(33,35-22-12-10-2)28-23-29(24-13-17-26(18-14-24)31(3,4)5)37-30(28)25-15-19-27(20-16-25)32(6,7)8/h13-20,23H,9-12,21-22H2,1-8H3. The topological polar surface area (TPSA) is 35.5 Å². The van der Waals surface area contributed by atoms with E-state index in [1.807, 2.05) is 6.07 Å². The summed E-state index contributed by atoms with van der Waals surface area (Å²) in [5, 5.41) is 0.683. The molecular weight excluding hydrogens is 495 g/mol. The molecule has 0 radical (unpaired) electrons. The van der Waals surface area contributed by atoms with Gasteiger partial charge in [-0.05, 0) is 52.0 Å². The van der Waals surface area contributed by atoms with Crippen molar-refractivity contribution in [3.05, 3.63) is 65.7 Å². The molecule has 0 saturated heterocycles. The average Bonchev–Trinajstić information content (AvgIpc) is 3.30. The van der Waals surface area contributed by atoms with Gasteiger partial charge in [0.15, 0.2) is 0 Å². The highest BCUT2D eigenvalue weighted by Crippen LogP contribution is 2.53. The van der Waals surface area contributed by atoms with Gasteiger partial charge < -0.3 is 9.05 Å². The van der Waals surface area contributed by atoms with E-state index < -0.39 is 7.60 Å². The first-order valence-electron chi connectivity index (χ1n) is 13.6. The third-order valence-corrected chi connectivity index (χ3v) is 9.95. The van der Waals surface area contributed by atoms with Crippen molar-refractivity contribution in [1.29, 1.82) is 0 Å². The van der Waals surface area contributed by atoms with Gasteiger partial charge in [0.2, 0.25) is 0 Å². The molecule has 0 bridgehead atoms. The van der Waals surface area contributed by atoms with Crippen LogP contribution in [-0.2, 0) is 24.4 Å². The van der Waals surface area contributed by atoms with E-state index in [-0.39, 0.29) is 10.8 Å². The van der Waals surface area contributed by atoms with Crippen LogP contribution >= 0.6 is 18.9 Å². The highest BCUT2D eigenvalue weighted by atomic mass is 32.1. The van der Waals surface area contributed by atoms with E-state index in [9.17, 15) is 4.57 Å². The van der Waals surface area contributed by atoms with Crippen LogP contribution in [0.25, 0.3) is 20.9 Å². The summed E-state index contributed by atoms with van der Waals surface area (Å²) in [7, 11) is -3.50. The highest BCUT2D eigenvalue weighted by Gasteiger charge is 2.33. The van der Waals surface area contributed by atoms with Crippen LogP contribution in [0.15, 0.2) is 54.6 Å². The maximum Gasteiger partial charge on any atom is 0.362 e. The minimum absolute atomic E-state index is 0.0680. The van der Waals surface area contributed by atoms with E-state index in [0.717, 1.165) is 46.6 Å². The lowest BCUT2D eigenvalue weighted by molar-refractivity contribution is 0.209. The second-order valence-corrected chi connectivity index (χ2v) is 14.9. The lowest BCUT2D eigenvalue weighted by Crippen LogP contribution is -2.13. The summed E-state index contributed by atoms with van der Waals surface area (Å²) in [6.07, 6.45) is 3.65. The first-order chi connectivity index (χ1) is 17.4. The molecule has 1 aromatic heterocycles. The summed E-state index contributed by atoms with van der Waals surface area (Å²) in [6.45, 7) is 18.4. The third-order valence-electron chi connectivity index (χ3n) is 6.57. The van der Waals surface area contributed by atoms with Crippen molar-refractivity contribution in [2.75, 3.05) is 13.2 Å². The summed E-state index contributed by atoms with van der Waals surface area (Å²) in [5.74, 6) is 0. The monoisotopic (exact) mass is 540 g/mol. The zero-order chi connectivity index (χ0) is 27.3. The Morgan fingerprint density at radius 1 is 0.703 bits per heavy atom. The molecule has 0 aliphatic rings. The number of thiophene rings is 1. The fraction of sp³-hybridized carbons (Fsp3) is 0.500. The summed E-state index contributed by atoms with van der Waals surface area (Å²) < 4.78 is 26.6. The molecule has 37 heavy (non-hydrogen) atoms. The molecule has 0 N–H and O–H groups in total. The smallest absolute Gasteiger partial charge is 0.305 e. The van der Waals surface area contributed by atoms with E-state index in [0.29, 0.717) is 18.5 Å². The van der Waals surface area contributed by atoms with Gasteiger partial charge in [0.05, 0.1) is 23.4 Å². The lowest BCUT2D eigenvalue weighted by Gasteiger charge is -2.21. The van der Waals surface area contributed by atoms with Gasteiger partial charge in [-0.3, -0.25) is 4.57 Å².